The lowest BCUT2D eigenvalue weighted by molar-refractivity contribution is 0.431. The van der Waals surface area contributed by atoms with Crippen molar-refractivity contribution < 1.29 is 0 Å². The number of benzene rings is 1. The fourth-order valence-electron chi connectivity index (χ4n) is 2.74. The lowest BCUT2D eigenvalue weighted by Gasteiger charge is -2.24. The zero-order valence-electron chi connectivity index (χ0n) is 13.6. The van der Waals surface area contributed by atoms with Crippen LogP contribution in [0.2, 0.25) is 0 Å². The van der Waals surface area contributed by atoms with Crippen molar-refractivity contribution in [3.63, 3.8) is 0 Å². The molecular formula is C19H27NS. The van der Waals surface area contributed by atoms with Crippen molar-refractivity contribution in [1.29, 1.82) is 0 Å². The van der Waals surface area contributed by atoms with E-state index in [4.69, 9.17) is 0 Å². The van der Waals surface area contributed by atoms with Gasteiger partial charge in [-0.15, -0.1) is 11.3 Å². The van der Waals surface area contributed by atoms with Gasteiger partial charge in [0.25, 0.3) is 0 Å². The van der Waals surface area contributed by atoms with Gasteiger partial charge in [0, 0.05) is 22.3 Å². The molecule has 0 saturated carbocycles. The Bertz CT molecular complexity index is 530. The molecule has 2 unspecified atom stereocenters. The van der Waals surface area contributed by atoms with E-state index in [1.807, 2.05) is 11.3 Å². The van der Waals surface area contributed by atoms with Crippen LogP contribution in [0.1, 0.15) is 42.0 Å². The Hall–Kier alpha value is -1.12. The van der Waals surface area contributed by atoms with Gasteiger partial charge in [-0.05, 0) is 49.8 Å². The summed E-state index contributed by atoms with van der Waals surface area (Å²) < 4.78 is 0. The molecule has 1 N–H and O–H groups in total. The highest BCUT2D eigenvalue weighted by Gasteiger charge is 2.16. The largest absolute Gasteiger partial charge is 0.313 e. The van der Waals surface area contributed by atoms with Crippen molar-refractivity contribution in [1.82, 2.24) is 5.32 Å². The van der Waals surface area contributed by atoms with Gasteiger partial charge in [-0.1, -0.05) is 44.2 Å². The number of hydrogen-bond acceptors (Lipinski definition) is 2. The molecule has 0 saturated heterocycles. The molecule has 0 aliphatic heterocycles. The van der Waals surface area contributed by atoms with Gasteiger partial charge >= 0.3 is 0 Å². The zero-order valence-corrected chi connectivity index (χ0v) is 14.4. The second-order valence-corrected chi connectivity index (χ2v) is 7.66. The van der Waals surface area contributed by atoms with E-state index in [1.165, 1.54) is 15.3 Å². The van der Waals surface area contributed by atoms with Gasteiger partial charge in [0.2, 0.25) is 0 Å². The van der Waals surface area contributed by atoms with Crippen LogP contribution in [0.5, 0.6) is 0 Å². The Balaban J connectivity index is 1.90. The van der Waals surface area contributed by atoms with Gasteiger partial charge in [0.1, 0.15) is 0 Å². The molecule has 0 aliphatic carbocycles. The van der Waals surface area contributed by atoms with Crippen LogP contribution >= 0.6 is 11.3 Å². The predicted octanol–water partition coefficient (Wildman–Crippen LogP) is 5.02. The summed E-state index contributed by atoms with van der Waals surface area (Å²) in [6, 6.07) is 15.9. The van der Waals surface area contributed by atoms with E-state index in [1.54, 1.807) is 0 Å². The molecule has 21 heavy (non-hydrogen) atoms. The number of nitrogens with one attached hydrogen (secondary N) is 1. The summed E-state index contributed by atoms with van der Waals surface area (Å²) in [6.07, 6.45) is 1.12. The van der Waals surface area contributed by atoms with E-state index in [9.17, 15) is 0 Å². The third kappa shape index (κ3) is 4.98. The van der Waals surface area contributed by atoms with E-state index in [2.05, 4.69) is 75.5 Å². The summed E-state index contributed by atoms with van der Waals surface area (Å²) in [5.41, 5.74) is 1.44. The number of hydrogen-bond donors (Lipinski definition) is 1. The Labute approximate surface area is 133 Å². The molecule has 0 spiro atoms. The molecule has 0 bridgehead atoms. The molecule has 2 atom stereocenters. The van der Waals surface area contributed by atoms with Crippen molar-refractivity contribution in [3.8, 4) is 0 Å². The fraction of sp³-hybridized carbons (Fsp3) is 0.474. The molecular weight excluding hydrogens is 274 g/mol. The summed E-state index contributed by atoms with van der Waals surface area (Å²) in [5, 5.41) is 3.73. The SMILES string of the molecule is Cc1ccc(CC(C)NCC(c2ccccc2)C(C)C)s1. The molecule has 2 aromatic rings. The Morgan fingerprint density at radius 1 is 1.00 bits per heavy atom. The lowest BCUT2D eigenvalue weighted by Crippen LogP contribution is -2.33. The van der Waals surface area contributed by atoms with Crippen LogP contribution < -0.4 is 5.32 Å². The van der Waals surface area contributed by atoms with Crippen molar-refractivity contribution in [2.24, 2.45) is 5.92 Å². The Morgan fingerprint density at radius 2 is 1.71 bits per heavy atom. The summed E-state index contributed by atoms with van der Waals surface area (Å²) in [7, 11) is 0. The number of rotatable bonds is 7. The fourth-order valence-corrected chi connectivity index (χ4v) is 3.75. The van der Waals surface area contributed by atoms with Crippen molar-refractivity contribution in [2.75, 3.05) is 6.54 Å². The van der Waals surface area contributed by atoms with Crippen molar-refractivity contribution in [2.45, 2.75) is 46.1 Å². The van der Waals surface area contributed by atoms with Gasteiger partial charge < -0.3 is 5.32 Å². The second kappa shape index (κ2) is 7.77. The van der Waals surface area contributed by atoms with Gasteiger partial charge in [0.15, 0.2) is 0 Å². The quantitative estimate of drug-likeness (QED) is 0.757. The molecule has 0 aliphatic rings. The molecule has 1 aromatic heterocycles. The van der Waals surface area contributed by atoms with Crippen LogP contribution in [0.4, 0.5) is 0 Å². The van der Waals surface area contributed by atoms with Crippen LogP contribution in [-0.4, -0.2) is 12.6 Å². The second-order valence-electron chi connectivity index (χ2n) is 6.29. The first-order valence-electron chi connectivity index (χ1n) is 7.90. The van der Waals surface area contributed by atoms with Crippen LogP contribution in [0.25, 0.3) is 0 Å². The van der Waals surface area contributed by atoms with Gasteiger partial charge in [-0.3, -0.25) is 0 Å². The normalized spacial score (nSPS) is 14.3. The molecule has 1 aromatic carbocycles. The highest BCUT2D eigenvalue weighted by atomic mass is 32.1. The average Bonchev–Trinajstić information content (AvgIpc) is 2.85. The first kappa shape index (κ1) is 16.3. The predicted molar refractivity (Wildman–Crippen MR) is 94.2 cm³/mol. The minimum atomic E-state index is 0.521. The summed E-state index contributed by atoms with van der Waals surface area (Å²) in [6.45, 7) is 10.1. The summed E-state index contributed by atoms with van der Waals surface area (Å²) in [4.78, 5) is 2.88. The molecule has 2 rings (SSSR count). The molecule has 0 fully saturated rings. The maximum absolute atomic E-state index is 3.73. The molecule has 0 radical (unpaired) electrons. The first-order chi connectivity index (χ1) is 10.1. The average molecular weight is 301 g/mol. The van der Waals surface area contributed by atoms with Crippen molar-refractivity contribution >= 4 is 11.3 Å². The summed E-state index contributed by atoms with van der Waals surface area (Å²) in [5.74, 6) is 1.23. The van der Waals surface area contributed by atoms with Gasteiger partial charge in [-0.2, -0.15) is 0 Å². The highest BCUT2D eigenvalue weighted by Crippen LogP contribution is 2.24. The maximum atomic E-state index is 3.73. The maximum Gasteiger partial charge on any atom is 0.00872 e. The molecule has 0 amide bonds. The Kier molecular flexibility index (Phi) is 6.01. The van der Waals surface area contributed by atoms with Crippen molar-refractivity contribution in [3.05, 3.63) is 57.8 Å². The topological polar surface area (TPSA) is 12.0 Å². The van der Waals surface area contributed by atoms with E-state index in [0.29, 0.717) is 17.9 Å². The van der Waals surface area contributed by atoms with E-state index < -0.39 is 0 Å². The van der Waals surface area contributed by atoms with E-state index in [0.717, 1.165) is 13.0 Å². The third-order valence-electron chi connectivity index (χ3n) is 4.02. The minimum Gasteiger partial charge on any atom is -0.313 e. The molecule has 2 heteroatoms. The first-order valence-corrected chi connectivity index (χ1v) is 8.71. The van der Waals surface area contributed by atoms with E-state index in [-0.39, 0.29) is 0 Å². The van der Waals surface area contributed by atoms with Crippen LogP contribution in [0.3, 0.4) is 0 Å². The molecule has 1 heterocycles. The van der Waals surface area contributed by atoms with Crippen LogP contribution in [-0.2, 0) is 6.42 Å². The van der Waals surface area contributed by atoms with E-state index >= 15 is 0 Å². The number of aryl methyl sites for hydroxylation is 1. The monoisotopic (exact) mass is 301 g/mol. The Morgan fingerprint density at radius 3 is 2.29 bits per heavy atom. The summed E-state index contributed by atoms with van der Waals surface area (Å²) >= 11 is 1.91. The van der Waals surface area contributed by atoms with Gasteiger partial charge in [0.05, 0.1) is 0 Å². The zero-order chi connectivity index (χ0) is 15.2. The van der Waals surface area contributed by atoms with Gasteiger partial charge in [-0.25, -0.2) is 0 Å². The molecule has 1 nitrogen and oxygen atoms in total. The van der Waals surface area contributed by atoms with Crippen LogP contribution in [0.15, 0.2) is 42.5 Å². The number of thiophene rings is 1. The highest BCUT2D eigenvalue weighted by molar-refractivity contribution is 7.11. The standard InChI is InChI=1S/C19H27NS/c1-14(2)19(17-8-6-5-7-9-17)13-20-15(3)12-18-11-10-16(4)21-18/h5-11,14-15,19-20H,12-13H2,1-4H3. The molecule has 114 valence electrons. The minimum absolute atomic E-state index is 0.521. The van der Waals surface area contributed by atoms with Crippen LogP contribution in [0, 0.1) is 12.8 Å². The lowest BCUT2D eigenvalue weighted by atomic mass is 9.88. The smallest absolute Gasteiger partial charge is 0.00872 e. The third-order valence-corrected chi connectivity index (χ3v) is 5.05.